The van der Waals surface area contributed by atoms with Gasteiger partial charge in [-0.05, 0) is 49.6 Å². The van der Waals surface area contributed by atoms with Gasteiger partial charge in [0.1, 0.15) is 24.1 Å². The van der Waals surface area contributed by atoms with Crippen molar-refractivity contribution in [2.45, 2.75) is 25.3 Å². The number of carbonyl (C=O) groups is 3. The van der Waals surface area contributed by atoms with E-state index < -0.39 is 0 Å². The quantitative estimate of drug-likeness (QED) is 0.704. The molecule has 0 aromatic heterocycles. The molecule has 1 saturated heterocycles. The van der Waals surface area contributed by atoms with E-state index >= 15 is 0 Å². The van der Waals surface area contributed by atoms with Gasteiger partial charge >= 0.3 is 0 Å². The highest BCUT2D eigenvalue weighted by Gasteiger charge is 2.40. The second-order valence-corrected chi connectivity index (χ2v) is 8.65. The summed E-state index contributed by atoms with van der Waals surface area (Å²) in [7, 11) is 6.42. The van der Waals surface area contributed by atoms with Crippen molar-refractivity contribution in [3.8, 4) is 11.5 Å². The molecule has 0 bridgehead atoms. The van der Waals surface area contributed by atoms with E-state index in [2.05, 4.69) is 10.2 Å². The Hall–Kier alpha value is -3.75. The van der Waals surface area contributed by atoms with E-state index in [9.17, 15) is 14.4 Å². The van der Waals surface area contributed by atoms with E-state index in [1.54, 1.807) is 51.5 Å². The molecule has 1 unspecified atom stereocenters. The van der Waals surface area contributed by atoms with Gasteiger partial charge < -0.3 is 24.6 Å². The maximum Gasteiger partial charge on any atom is 0.253 e. The molecule has 1 fully saturated rings. The maximum atomic E-state index is 13.5. The molecule has 3 amide bonds. The van der Waals surface area contributed by atoms with Crippen molar-refractivity contribution in [2.75, 3.05) is 56.5 Å². The fourth-order valence-electron chi connectivity index (χ4n) is 4.55. The van der Waals surface area contributed by atoms with Crippen LogP contribution in [0.3, 0.4) is 0 Å². The van der Waals surface area contributed by atoms with Crippen LogP contribution in [-0.4, -0.2) is 70.1 Å². The van der Waals surface area contributed by atoms with Crippen molar-refractivity contribution < 1.29 is 23.9 Å². The third-order valence-electron chi connectivity index (χ3n) is 6.27. The molecular formula is C25H30N4O5. The predicted octanol–water partition coefficient (Wildman–Crippen LogP) is 2.75. The number of fused-ring (bicyclic) bond motifs is 3. The number of rotatable bonds is 6. The molecule has 2 aromatic carbocycles. The number of nitrogens with one attached hydrogen (secondary N) is 1. The molecule has 0 radical (unpaired) electrons. The largest absolute Gasteiger partial charge is 0.497 e. The summed E-state index contributed by atoms with van der Waals surface area (Å²) in [6, 6.07) is 10.2. The second kappa shape index (κ2) is 9.62. The summed E-state index contributed by atoms with van der Waals surface area (Å²) >= 11 is 0. The normalized spacial score (nSPS) is 16.9. The number of carbonyl (C=O) groups excluding carboxylic acids is 3. The van der Waals surface area contributed by atoms with Crippen LogP contribution in [0.5, 0.6) is 11.5 Å². The minimum Gasteiger partial charge on any atom is -0.497 e. The topological polar surface area (TPSA) is 91.4 Å². The summed E-state index contributed by atoms with van der Waals surface area (Å²) in [6.45, 7) is 0.596. The average Bonchev–Trinajstić information content (AvgIpc) is 2.85. The number of benzene rings is 2. The van der Waals surface area contributed by atoms with E-state index in [4.69, 9.17) is 9.47 Å². The molecule has 1 atom stereocenters. The third-order valence-corrected chi connectivity index (χ3v) is 6.27. The van der Waals surface area contributed by atoms with Crippen LogP contribution < -0.4 is 24.6 Å². The lowest BCUT2D eigenvalue weighted by Gasteiger charge is -2.45. The number of ether oxygens (including phenoxy) is 2. The van der Waals surface area contributed by atoms with Gasteiger partial charge in [0.2, 0.25) is 11.8 Å². The van der Waals surface area contributed by atoms with Crippen LogP contribution in [0.2, 0.25) is 0 Å². The molecule has 2 aliphatic heterocycles. The van der Waals surface area contributed by atoms with Crippen LogP contribution in [0.25, 0.3) is 0 Å². The number of anilines is 3. The first-order valence-electron chi connectivity index (χ1n) is 11.3. The molecular weight excluding hydrogens is 436 g/mol. The molecule has 0 saturated carbocycles. The van der Waals surface area contributed by atoms with Crippen LogP contribution in [0.4, 0.5) is 17.1 Å². The van der Waals surface area contributed by atoms with Gasteiger partial charge in [-0.2, -0.15) is 0 Å². The zero-order chi connectivity index (χ0) is 24.4. The lowest BCUT2D eigenvalue weighted by atomic mass is 9.95. The highest BCUT2D eigenvalue weighted by Crippen LogP contribution is 2.40. The van der Waals surface area contributed by atoms with Crippen LogP contribution in [0.15, 0.2) is 36.4 Å². The van der Waals surface area contributed by atoms with Gasteiger partial charge in [-0.1, -0.05) is 0 Å². The van der Waals surface area contributed by atoms with E-state index in [-0.39, 0.29) is 30.3 Å². The number of nitrogens with zero attached hydrogens (tertiary/aromatic N) is 3. The van der Waals surface area contributed by atoms with Crippen LogP contribution in [0, 0.1) is 0 Å². The van der Waals surface area contributed by atoms with E-state index in [0.29, 0.717) is 28.4 Å². The predicted molar refractivity (Wildman–Crippen MR) is 130 cm³/mol. The van der Waals surface area contributed by atoms with Gasteiger partial charge in [0.25, 0.3) is 5.91 Å². The molecule has 4 rings (SSSR count). The first-order valence-corrected chi connectivity index (χ1v) is 11.3. The summed E-state index contributed by atoms with van der Waals surface area (Å²) in [5.41, 5.74) is 2.39. The van der Waals surface area contributed by atoms with Crippen molar-refractivity contribution in [1.29, 1.82) is 0 Å². The van der Waals surface area contributed by atoms with Crippen molar-refractivity contribution in [1.82, 2.24) is 4.90 Å². The lowest BCUT2D eigenvalue weighted by molar-refractivity contribution is -0.123. The van der Waals surface area contributed by atoms with Gasteiger partial charge in [0.05, 0.1) is 31.3 Å². The summed E-state index contributed by atoms with van der Waals surface area (Å²) in [5, 5.41) is 2.84. The fourth-order valence-corrected chi connectivity index (χ4v) is 4.55. The average molecular weight is 467 g/mol. The van der Waals surface area contributed by atoms with Crippen molar-refractivity contribution in [2.24, 2.45) is 0 Å². The van der Waals surface area contributed by atoms with Crippen LogP contribution in [0.1, 0.15) is 29.6 Å². The number of hydrogen-bond donors (Lipinski definition) is 1. The smallest absolute Gasteiger partial charge is 0.253 e. The maximum absolute atomic E-state index is 13.5. The standard InChI is InChI=1S/C25H30N4O5/c1-27(2)24(31)16-8-11-19-21(13-16)29(25(32)20-7-5-6-12-28(19)20)15-23(30)26-18-10-9-17(33-3)14-22(18)34-4/h8-11,13-14,20H,5-7,12,15H2,1-4H3,(H,26,30). The van der Waals surface area contributed by atoms with Gasteiger partial charge in [0.15, 0.2) is 0 Å². The molecule has 0 aliphatic carbocycles. The van der Waals surface area contributed by atoms with Crippen molar-refractivity contribution >= 4 is 34.8 Å². The van der Waals surface area contributed by atoms with Crippen LogP contribution in [-0.2, 0) is 9.59 Å². The summed E-state index contributed by atoms with van der Waals surface area (Å²) in [5.74, 6) is 0.402. The minimum absolute atomic E-state index is 0.126. The van der Waals surface area contributed by atoms with E-state index in [0.717, 1.165) is 31.5 Å². The molecule has 180 valence electrons. The SMILES string of the molecule is COc1ccc(NC(=O)CN2C(=O)C3CCCCN3c3ccc(C(=O)N(C)C)cc32)c(OC)c1. The van der Waals surface area contributed by atoms with Gasteiger partial charge in [-0.15, -0.1) is 0 Å². The minimum atomic E-state index is -0.364. The Morgan fingerprint density at radius 2 is 1.85 bits per heavy atom. The highest BCUT2D eigenvalue weighted by atomic mass is 16.5. The van der Waals surface area contributed by atoms with Crippen molar-refractivity contribution in [3.05, 3.63) is 42.0 Å². The summed E-state index contributed by atoms with van der Waals surface area (Å²) in [6.07, 6.45) is 2.70. The highest BCUT2D eigenvalue weighted by molar-refractivity contribution is 6.11. The Morgan fingerprint density at radius 3 is 2.56 bits per heavy atom. The van der Waals surface area contributed by atoms with Gasteiger partial charge in [0, 0.05) is 32.3 Å². The Morgan fingerprint density at radius 1 is 1.06 bits per heavy atom. The molecule has 0 spiro atoms. The molecule has 2 aromatic rings. The zero-order valence-corrected chi connectivity index (χ0v) is 20.0. The number of piperidine rings is 1. The first-order chi connectivity index (χ1) is 16.3. The first kappa shape index (κ1) is 23.4. The molecule has 2 heterocycles. The number of hydrogen-bond acceptors (Lipinski definition) is 6. The van der Waals surface area contributed by atoms with Gasteiger partial charge in [-0.3, -0.25) is 19.3 Å². The molecule has 34 heavy (non-hydrogen) atoms. The molecule has 1 N–H and O–H groups in total. The van der Waals surface area contributed by atoms with Crippen LogP contribution >= 0.6 is 0 Å². The Balaban J connectivity index is 1.65. The second-order valence-electron chi connectivity index (χ2n) is 8.65. The van der Waals surface area contributed by atoms with Crippen molar-refractivity contribution in [3.63, 3.8) is 0 Å². The molecule has 9 nitrogen and oxygen atoms in total. The van der Waals surface area contributed by atoms with Gasteiger partial charge in [-0.25, -0.2) is 0 Å². The molecule has 2 aliphatic rings. The number of methoxy groups -OCH3 is 2. The van der Waals surface area contributed by atoms with E-state index in [1.807, 2.05) is 6.07 Å². The fraction of sp³-hybridized carbons (Fsp3) is 0.400. The summed E-state index contributed by atoms with van der Waals surface area (Å²) < 4.78 is 10.6. The lowest BCUT2D eigenvalue weighted by Crippen LogP contribution is -2.56. The third kappa shape index (κ3) is 4.37. The Bertz CT molecular complexity index is 1120. The monoisotopic (exact) mass is 466 g/mol. The Labute approximate surface area is 199 Å². The van der Waals surface area contributed by atoms with E-state index in [1.165, 1.54) is 16.9 Å². The number of amides is 3. The Kier molecular flexibility index (Phi) is 6.63. The zero-order valence-electron chi connectivity index (χ0n) is 20.0. The summed E-state index contributed by atoms with van der Waals surface area (Å²) in [4.78, 5) is 44.2. The molecule has 9 heteroatoms.